The fraction of sp³-hybridized carbons (Fsp3) is 0.400. The van der Waals surface area contributed by atoms with Crippen molar-refractivity contribution in [3.63, 3.8) is 0 Å². The Bertz CT molecular complexity index is 930. The number of hydrogen-bond donors (Lipinski definition) is 0. The molecule has 0 atom stereocenters. The zero-order valence-corrected chi connectivity index (χ0v) is 14.1. The second-order valence-corrected chi connectivity index (χ2v) is 7.70. The number of nitrogens with zero attached hydrogens (tertiary/aromatic N) is 4. The van der Waals surface area contributed by atoms with Crippen LogP contribution >= 0.6 is 0 Å². The van der Waals surface area contributed by atoms with Crippen molar-refractivity contribution in [1.82, 2.24) is 18.8 Å². The van der Waals surface area contributed by atoms with Crippen LogP contribution in [0.4, 0.5) is 0 Å². The van der Waals surface area contributed by atoms with Gasteiger partial charge in [-0.2, -0.15) is 4.31 Å². The summed E-state index contributed by atoms with van der Waals surface area (Å²) in [4.78, 5) is 30.2. The topological polar surface area (TPSA) is 92.6 Å². The largest absolute Gasteiger partial charge is 0.339 e. The average Bonchev–Trinajstić information content (AvgIpc) is 2.56. The van der Waals surface area contributed by atoms with Crippen molar-refractivity contribution in [3.8, 4) is 0 Å². The van der Waals surface area contributed by atoms with E-state index in [0.717, 1.165) is 6.26 Å². The summed E-state index contributed by atoms with van der Waals surface area (Å²) in [6, 6.07) is 7.13. The first kappa shape index (κ1) is 16.6. The van der Waals surface area contributed by atoms with Gasteiger partial charge in [0.1, 0.15) is 6.54 Å². The van der Waals surface area contributed by atoms with Gasteiger partial charge in [-0.3, -0.25) is 14.2 Å². The van der Waals surface area contributed by atoms with E-state index < -0.39 is 10.0 Å². The van der Waals surface area contributed by atoms with E-state index in [0.29, 0.717) is 24.1 Å². The molecule has 3 rings (SSSR count). The highest BCUT2D eigenvalue weighted by Gasteiger charge is 2.26. The summed E-state index contributed by atoms with van der Waals surface area (Å²) in [5, 5.41) is 0. The molecular weight excluding hydrogens is 332 g/mol. The molecule has 1 aliphatic rings. The normalized spacial score (nSPS) is 16.5. The molecule has 0 saturated carbocycles. The minimum atomic E-state index is -3.24. The van der Waals surface area contributed by atoms with E-state index in [4.69, 9.17) is 0 Å². The molecule has 1 aromatic carbocycles. The first-order valence-corrected chi connectivity index (χ1v) is 9.38. The summed E-state index contributed by atoms with van der Waals surface area (Å²) in [7, 11) is -3.24. The molecule has 0 unspecified atom stereocenters. The first-order chi connectivity index (χ1) is 11.4. The number of fused-ring (bicyclic) bond motifs is 1. The Kier molecular flexibility index (Phi) is 4.37. The number of para-hydroxylation sites is 2. The fourth-order valence-corrected chi connectivity index (χ4v) is 3.61. The zero-order chi connectivity index (χ0) is 17.3. The van der Waals surface area contributed by atoms with Gasteiger partial charge in [-0.05, 0) is 12.1 Å². The van der Waals surface area contributed by atoms with Gasteiger partial charge in [0.15, 0.2) is 0 Å². The van der Waals surface area contributed by atoms with E-state index in [-0.39, 0.29) is 31.1 Å². The Morgan fingerprint density at radius 1 is 1.17 bits per heavy atom. The lowest BCUT2D eigenvalue weighted by Gasteiger charge is -2.33. The highest BCUT2D eigenvalue weighted by atomic mass is 32.2. The summed E-state index contributed by atoms with van der Waals surface area (Å²) < 4.78 is 25.8. The Balaban J connectivity index is 1.77. The summed E-state index contributed by atoms with van der Waals surface area (Å²) >= 11 is 0. The highest BCUT2D eigenvalue weighted by molar-refractivity contribution is 7.88. The molecule has 1 aromatic heterocycles. The maximum absolute atomic E-state index is 12.5. The lowest BCUT2D eigenvalue weighted by atomic mass is 10.3. The van der Waals surface area contributed by atoms with Crippen LogP contribution in [0.1, 0.15) is 0 Å². The SMILES string of the molecule is CS(=O)(=O)N1CCN(C(=O)Cn2c(=O)cnc3ccccc32)CC1. The lowest BCUT2D eigenvalue weighted by molar-refractivity contribution is -0.133. The van der Waals surface area contributed by atoms with Crippen LogP contribution in [0, 0.1) is 0 Å². The second-order valence-electron chi connectivity index (χ2n) is 5.71. The number of sulfonamides is 1. The van der Waals surface area contributed by atoms with Gasteiger partial charge in [0.25, 0.3) is 5.56 Å². The molecule has 1 saturated heterocycles. The van der Waals surface area contributed by atoms with Crippen LogP contribution in [0.3, 0.4) is 0 Å². The van der Waals surface area contributed by atoms with Gasteiger partial charge in [-0.15, -0.1) is 0 Å². The third-order valence-corrected chi connectivity index (χ3v) is 5.41. The van der Waals surface area contributed by atoms with E-state index in [2.05, 4.69) is 4.98 Å². The first-order valence-electron chi connectivity index (χ1n) is 7.54. The van der Waals surface area contributed by atoms with Crippen molar-refractivity contribution >= 4 is 27.0 Å². The van der Waals surface area contributed by atoms with Crippen LogP contribution in [0.5, 0.6) is 0 Å². The van der Waals surface area contributed by atoms with Crippen LogP contribution in [0.15, 0.2) is 35.3 Å². The van der Waals surface area contributed by atoms with Gasteiger partial charge in [0.05, 0.1) is 23.5 Å². The summed E-state index contributed by atoms with van der Waals surface area (Å²) in [5.74, 6) is -0.207. The maximum atomic E-state index is 12.5. The van der Waals surface area contributed by atoms with Crippen molar-refractivity contribution in [2.75, 3.05) is 32.4 Å². The van der Waals surface area contributed by atoms with Gasteiger partial charge in [-0.25, -0.2) is 13.4 Å². The maximum Gasteiger partial charge on any atom is 0.269 e. The molecule has 128 valence electrons. The predicted octanol–water partition coefficient (Wildman–Crippen LogP) is -0.500. The second kappa shape index (κ2) is 6.33. The van der Waals surface area contributed by atoms with E-state index in [1.54, 1.807) is 23.1 Å². The minimum Gasteiger partial charge on any atom is -0.339 e. The molecule has 0 radical (unpaired) electrons. The van der Waals surface area contributed by atoms with Crippen LogP contribution in [-0.4, -0.2) is 65.5 Å². The summed E-state index contributed by atoms with van der Waals surface area (Å²) in [6.07, 6.45) is 2.37. The smallest absolute Gasteiger partial charge is 0.269 e. The molecule has 0 N–H and O–H groups in total. The van der Waals surface area contributed by atoms with Crippen LogP contribution < -0.4 is 5.56 Å². The van der Waals surface area contributed by atoms with Gasteiger partial charge >= 0.3 is 0 Å². The molecule has 1 aliphatic heterocycles. The number of carbonyl (C=O) groups excluding carboxylic acids is 1. The molecule has 24 heavy (non-hydrogen) atoms. The number of piperazine rings is 1. The molecule has 0 spiro atoms. The quantitative estimate of drug-likeness (QED) is 0.744. The van der Waals surface area contributed by atoms with E-state index in [1.165, 1.54) is 15.1 Å². The zero-order valence-electron chi connectivity index (χ0n) is 13.3. The Morgan fingerprint density at radius 3 is 2.50 bits per heavy atom. The standard InChI is InChI=1S/C15H18N4O4S/c1-24(22,23)18-8-6-17(7-9-18)15(21)11-19-13-5-3-2-4-12(13)16-10-14(19)20/h2-5,10H,6-9,11H2,1H3. The van der Waals surface area contributed by atoms with E-state index in [1.807, 2.05) is 6.07 Å². The Hall–Kier alpha value is -2.26. The van der Waals surface area contributed by atoms with Crippen LogP contribution in [0.2, 0.25) is 0 Å². The average molecular weight is 350 g/mol. The van der Waals surface area contributed by atoms with Gasteiger partial charge in [0.2, 0.25) is 15.9 Å². The van der Waals surface area contributed by atoms with Gasteiger partial charge in [-0.1, -0.05) is 12.1 Å². The molecule has 9 heteroatoms. The molecule has 2 aromatic rings. The lowest BCUT2D eigenvalue weighted by Crippen LogP contribution is -2.51. The molecule has 1 amide bonds. The van der Waals surface area contributed by atoms with E-state index >= 15 is 0 Å². The molecule has 8 nitrogen and oxygen atoms in total. The number of aromatic nitrogens is 2. The Morgan fingerprint density at radius 2 is 1.83 bits per heavy atom. The van der Waals surface area contributed by atoms with Crippen molar-refractivity contribution in [1.29, 1.82) is 0 Å². The van der Waals surface area contributed by atoms with Crippen LogP contribution in [-0.2, 0) is 21.4 Å². The molecule has 1 fully saturated rings. The van der Waals surface area contributed by atoms with E-state index in [9.17, 15) is 18.0 Å². The fourth-order valence-electron chi connectivity index (χ4n) is 2.78. The van der Waals surface area contributed by atoms with Crippen molar-refractivity contribution < 1.29 is 13.2 Å². The third-order valence-electron chi connectivity index (χ3n) is 4.11. The minimum absolute atomic E-state index is 0.0826. The molecule has 2 heterocycles. The van der Waals surface area contributed by atoms with Crippen molar-refractivity contribution in [3.05, 3.63) is 40.8 Å². The Labute approximate surface area is 139 Å². The summed E-state index contributed by atoms with van der Waals surface area (Å²) in [5.41, 5.74) is 0.914. The number of carbonyl (C=O) groups is 1. The number of rotatable bonds is 3. The van der Waals surface area contributed by atoms with Crippen LogP contribution in [0.25, 0.3) is 11.0 Å². The highest BCUT2D eigenvalue weighted by Crippen LogP contribution is 2.10. The number of hydrogen-bond acceptors (Lipinski definition) is 5. The number of benzene rings is 1. The van der Waals surface area contributed by atoms with Crippen molar-refractivity contribution in [2.24, 2.45) is 0 Å². The monoisotopic (exact) mass is 350 g/mol. The summed E-state index contributed by atoms with van der Waals surface area (Å²) in [6.45, 7) is 1.11. The molecule has 0 aliphatic carbocycles. The predicted molar refractivity (Wildman–Crippen MR) is 89.0 cm³/mol. The van der Waals surface area contributed by atoms with Gasteiger partial charge < -0.3 is 4.90 Å². The molecule has 0 bridgehead atoms. The number of amides is 1. The molecular formula is C15H18N4O4S. The van der Waals surface area contributed by atoms with Gasteiger partial charge in [0, 0.05) is 26.2 Å². The third kappa shape index (κ3) is 3.31. The van der Waals surface area contributed by atoms with Crippen molar-refractivity contribution in [2.45, 2.75) is 6.54 Å².